The molecule has 1 aromatic carbocycles. The predicted octanol–water partition coefficient (Wildman–Crippen LogP) is 2.69. The van der Waals surface area contributed by atoms with Crippen LogP contribution in [0.2, 0.25) is 10.0 Å². The van der Waals surface area contributed by atoms with Gasteiger partial charge in [0.25, 0.3) is 5.91 Å². The highest BCUT2D eigenvalue weighted by molar-refractivity contribution is 7.80. The number of ether oxygens (including phenoxy) is 1. The van der Waals surface area contributed by atoms with Crippen LogP contribution in [0.3, 0.4) is 0 Å². The molecule has 1 saturated heterocycles. The summed E-state index contributed by atoms with van der Waals surface area (Å²) in [6.07, 6.45) is 1.61. The maximum absolute atomic E-state index is 11.9. The zero-order valence-electron chi connectivity index (χ0n) is 10.2. The fourth-order valence-corrected chi connectivity index (χ4v) is 2.46. The van der Waals surface area contributed by atoms with E-state index in [0.717, 1.165) is 0 Å². The van der Waals surface area contributed by atoms with Gasteiger partial charge >= 0.3 is 0 Å². The average Bonchev–Trinajstić information content (AvgIpc) is 2.57. The molecule has 0 aromatic heterocycles. The lowest BCUT2D eigenvalue weighted by atomic mass is 10.1. The van der Waals surface area contributed by atoms with E-state index in [-0.39, 0.29) is 5.91 Å². The highest BCUT2D eigenvalue weighted by Gasteiger charge is 2.27. The number of rotatable bonds is 2. The fourth-order valence-electron chi connectivity index (χ4n) is 1.68. The minimum absolute atomic E-state index is 0.219. The number of amides is 1. The third-order valence-electron chi connectivity index (χ3n) is 2.62. The summed E-state index contributed by atoms with van der Waals surface area (Å²) in [5.74, 6) is 0.233. The van der Waals surface area contributed by atoms with Gasteiger partial charge in [0.2, 0.25) is 0 Å². The van der Waals surface area contributed by atoms with Crippen LogP contribution in [0, 0.1) is 0 Å². The van der Waals surface area contributed by atoms with Crippen LogP contribution in [0.25, 0.3) is 6.08 Å². The Morgan fingerprint density at radius 2 is 2.11 bits per heavy atom. The summed E-state index contributed by atoms with van der Waals surface area (Å²) in [6, 6.07) is 3.24. The number of carbonyl (C=O) groups is 1. The van der Waals surface area contributed by atoms with Crippen LogP contribution in [0.1, 0.15) is 5.56 Å². The summed E-state index contributed by atoms with van der Waals surface area (Å²) < 4.78 is 5.21. The summed E-state index contributed by atoms with van der Waals surface area (Å²) in [5, 5.41) is 4.01. The lowest BCUT2D eigenvalue weighted by Crippen LogP contribution is -2.25. The number of methoxy groups -OCH3 is 1. The van der Waals surface area contributed by atoms with Gasteiger partial charge in [0.1, 0.15) is 11.4 Å². The summed E-state index contributed by atoms with van der Waals surface area (Å²) in [7, 11) is 3.10. The molecule has 0 bridgehead atoms. The second kappa shape index (κ2) is 5.36. The topological polar surface area (TPSA) is 41.6 Å². The molecule has 1 aromatic rings. The second-order valence-corrected chi connectivity index (χ2v) is 5.09. The van der Waals surface area contributed by atoms with E-state index in [1.807, 2.05) is 0 Å². The van der Waals surface area contributed by atoms with Gasteiger partial charge in [-0.15, -0.1) is 0 Å². The Kier molecular flexibility index (Phi) is 3.99. The molecule has 0 radical (unpaired) electrons. The molecular weight excluding hydrogens is 307 g/mol. The first-order chi connectivity index (χ1) is 8.93. The van der Waals surface area contributed by atoms with Gasteiger partial charge in [-0.1, -0.05) is 23.2 Å². The van der Waals surface area contributed by atoms with E-state index < -0.39 is 0 Å². The van der Waals surface area contributed by atoms with Crippen molar-refractivity contribution in [2.24, 2.45) is 0 Å². The van der Waals surface area contributed by atoms with E-state index in [0.29, 0.717) is 32.2 Å². The van der Waals surface area contributed by atoms with Crippen LogP contribution < -0.4 is 10.1 Å². The third-order valence-corrected chi connectivity index (χ3v) is 3.50. The van der Waals surface area contributed by atoms with E-state index in [2.05, 4.69) is 5.32 Å². The molecular formula is C12H10Cl2N2O2S. The molecule has 0 aliphatic carbocycles. The van der Waals surface area contributed by atoms with Crippen molar-refractivity contribution in [2.45, 2.75) is 0 Å². The maximum atomic E-state index is 11.9. The largest absolute Gasteiger partial charge is 0.495 e. The summed E-state index contributed by atoms with van der Waals surface area (Å²) in [5.41, 5.74) is 0.957. The molecule has 0 saturated carbocycles. The van der Waals surface area contributed by atoms with Crippen LogP contribution in [0.4, 0.5) is 0 Å². The minimum Gasteiger partial charge on any atom is -0.495 e. The first kappa shape index (κ1) is 14.1. The number of likely N-dealkylation sites (N-methyl/N-ethyl adjacent to an activating group) is 1. The highest BCUT2D eigenvalue weighted by Crippen LogP contribution is 2.33. The maximum Gasteiger partial charge on any atom is 0.276 e. The first-order valence-corrected chi connectivity index (χ1v) is 6.44. The normalized spacial score (nSPS) is 17.1. The van der Waals surface area contributed by atoms with Gasteiger partial charge in [-0.05, 0) is 30.4 Å². The molecule has 0 unspecified atom stereocenters. The molecule has 2 rings (SSSR count). The van der Waals surface area contributed by atoms with Crippen LogP contribution in [0.5, 0.6) is 5.75 Å². The Labute approximate surface area is 125 Å². The lowest BCUT2D eigenvalue weighted by Gasteiger charge is -2.08. The molecule has 1 N–H and O–H groups in total. The molecule has 1 fully saturated rings. The van der Waals surface area contributed by atoms with E-state index in [4.69, 9.17) is 40.2 Å². The molecule has 7 heteroatoms. The molecule has 1 heterocycles. The van der Waals surface area contributed by atoms with Crippen molar-refractivity contribution in [1.29, 1.82) is 0 Å². The standard InChI is InChI=1S/C12H10Cl2N2O2S/c1-16-11(17)9(15-12(16)19)4-6-3-7(13)5-8(14)10(6)18-2/h3-5H,1-2H3,(H,15,19). The number of nitrogens with zero attached hydrogens (tertiary/aromatic N) is 1. The number of thiocarbonyl (C=S) groups is 1. The smallest absolute Gasteiger partial charge is 0.276 e. The van der Waals surface area contributed by atoms with Crippen molar-refractivity contribution in [1.82, 2.24) is 10.2 Å². The van der Waals surface area contributed by atoms with E-state index in [1.54, 1.807) is 25.3 Å². The molecule has 4 nitrogen and oxygen atoms in total. The van der Waals surface area contributed by atoms with Crippen molar-refractivity contribution in [2.75, 3.05) is 14.2 Å². The number of halogens is 2. The Morgan fingerprint density at radius 3 is 2.63 bits per heavy atom. The molecule has 1 aliphatic heterocycles. The predicted molar refractivity (Wildman–Crippen MR) is 79.5 cm³/mol. The van der Waals surface area contributed by atoms with Crippen molar-refractivity contribution < 1.29 is 9.53 Å². The molecule has 100 valence electrons. The van der Waals surface area contributed by atoms with Crippen molar-refractivity contribution in [3.8, 4) is 5.75 Å². The Bertz CT molecular complexity index is 602. The monoisotopic (exact) mass is 316 g/mol. The molecule has 1 amide bonds. The van der Waals surface area contributed by atoms with Gasteiger partial charge in [-0.2, -0.15) is 0 Å². The number of nitrogens with one attached hydrogen (secondary N) is 1. The first-order valence-electron chi connectivity index (χ1n) is 5.28. The summed E-state index contributed by atoms with van der Waals surface area (Å²) >= 11 is 17.0. The summed E-state index contributed by atoms with van der Waals surface area (Å²) in [6.45, 7) is 0. The van der Waals surface area contributed by atoms with Gasteiger partial charge < -0.3 is 10.1 Å². The molecule has 19 heavy (non-hydrogen) atoms. The van der Waals surface area contributed by atoms with Crippen LogP contribution in [-0.2, 0) is 4.79 Å². The zero-order valence-corrected chi connectivity index (χ0v) is 12.5. The molecule has 0 atom stereocenters. The van der Waals surface area contributed by atoms with Gasteiger partial charge in [0, 0.05) is 17.6 Å². The van der Waals surface area contributed by atoms with Crippen LogP contribution in [0.15, 0.2) is 17.8 Å². The van der Waals surface area contributed by atoms with Gasteiger partial charge in [0.15, 0.2) is 5.11 Å². The number of hydrogen-bond acceptors (Lipinski definition) is 3. The van der Waals surface area contributed by atoms with Gasteiger partial charge in [0.05, 0.1) is 12.1 Å². The van der Waals surface area contributed by atoms with Crippen LogP contribution in [-0.4, -0.2) is 30.1 Å². The quantitative estimate of drug-likeness (QED) is 0.673. The van der Waals surface area contributed by atoms with Crippen molar-refractivity contribution in [3.63, 3.8) is 0 Å². The van der Waals surface area contributed by atoms with Gasteiger partial charge in [-0.25, -0.2) is 0 Å². The van der Waals surface area contributed by atoms with E-state index >= 15 is 0 Å². The molecule has 0 spiro atoms. The zero-order chi connectivity index (χ0) is 14.2. The SMILES string of the molecule is COc1c(Cl)cc(Cl)cc1C=C1NC(=S)N(C)C1=O. The summed E-state index contributed by atoms with van der Waals surface area (Å²) in [4.78, 5) is 13.2. The lowest BCUT2D eigenvalue weighted by molar-refractivity contribution is -0.121. The minimum atomic E-state index is -0.219. The Balaban J connectivity index is 2.49. The number of hydrogen-bond donors (Lipinski definition) is 1. The van der Waals surface area contributed by atoms with Crippen molar-refractivity contribution >= 4 is 52.5 Å². The fraction of sp³-hybridized carbons (Fsp3) is 0.167. The second-order valence-electron chi connectivity index (χ2n) is 3.86. The Morgan fingerprint density at radius 1 is 1.42 bits per heavy atom. The number of benzene rings is 1. The molecule has 1 aliphatic rings. The number of carbonyl (C=O) groups excluding carboxylic acids is 1. The average molecular weight is 317 g/mol. The van der Waals surface area contributed by atoms with Crippen molar-refractivity contribution in [3.05, 3.63) is 33.4 Å². The Hall–Kier alpha value is -1.30. The van der Waals surface area contributed by atoms with E-state index in [1.165, 1.54) is 12.0 Å². The third kappa shape index (κ3) is 2.68. The highest BCUT2D eigenvalue weighted by atomic mass is 35.5. The van der Waals surface area contributed by atoms with Gasteiger partial charge in [-0.3, -0.25) is 9.69 Å². The van der Waals surface area contributed by atoms with Crippen LogP contribution >= 0.6 is 35.4 Å². The van der Waals surface area contributed by atoms with E-state index in [9.17, 15) is 4.79 Å².